The molecule has 0 aromatic heterocycles. The lowest BCUT2D eigenvalue weighted by atomic mass is 10.1. The number of hydrogen-bond acceptors (Lipinski definition) is 4. The summed E-state index contributed by atoms with van der Waals surface area (Å²) >= 11 is 4.94. The van der Waals surface area contributed by atoms with E-state index in [1.165, 1.54) is 0 Å². The summed E-state index contributed by atoms with van der Waals surface area (Å²) in [5.74, 6) is -1.13. The summed E-state index contributed by atoms with van der Waals surface area (Å²) < 4.78 is 0. The van der Waals surface area contributed by atoms with Gasteiger partial charge in [-0.15, -0.1) is 0 Å². The van der Waals surface area contributed by atoms with Crippen molar-refractivity contribution in [3.05, 3.63) is 65.2 Å². The second-order valence-corrected chi connectivity index (χ2v) is 6.86. The molecule has 7 nitrogen and oxygen atoms in total. The Morgan fingerprint density at radius 1 is 0.893 bits per heavy atom. The fourth-order valence-electron chi connectivity index (χ4n) is 2.17. The number of aryl methyl sites for hydroxylation is 1. The van der Waals surface area contributed by atoms with Crippen LogP contribution in [0.15, 0.2) is 48.5 Å². The molecule has 0 radical (unpaired) electrons. The van der Waals surface area contributed by atoms with Crippen molar-refractivity contribution < 1.29 is 14.4 Å². The summed E-state index contributed by atoms with van der Waals surface area (Å²) in [5.41, 5.74) is 7.35. The first kappa shape index (κ1) is 21.0. The number of anilines is 1. The molecule has 4 N–H and O–H groups in total. The van der Waals surface area contributed by atoms with Gasteiger partial charge in [-0.3, -0.25) is 25.2 Å². The van der Waals surface area contributed by atoms with Gasteiger partial charge >= 0.3 is 0 Å². The highest BCUT2D eigenvalue weighted by Gasteiger charge is 2.11. The van der Waals surface area contributed by atoms with Gasteiger partial charge < -0.3 is 10.6 Å². The number of thiocarbonyl (C=S) groups is 1. The molecule has 2 rings (SSSR count). The van der Waals surface area contributed by atoms with Crippen LogP contribution < -0.4 is 21.5 Å². The van der Waals surface area contributed by atoms with Crippen LogP contribution >= 0.6 is 12.2 Å². The third kappa shape index (κ3) is 6.17. The molecule has 2 aromatic rings. The lowest BCUT2D eigenvalue weighted by Gasteiger charge is -2.12. The molecular formula is C20H22N4O3S. The van der Waals surface area contributed by atoms with Crippen LogP contribution in [-0.2, 0) is 4.79 Å². The molecule has 0 aliphatic heterocycles. The third-order valence-electron chi connectivity index (χ3n) is 3.74. The van der Waals surface area contributed by atoms with Crippen molar-refractivity contribution in [2.24, 2.45) is 5.92 Å². The average Bonchev–Trinajstić information content (AvgIpc) is 2.66. The van der Waals surface area contributed by atoms with Crippen molar-refractivity contribution in [3.63, 3.8) is 0 Å². The van der Waals surface area contributed by atoms with Crippen LogP contribution in [0, 0.1) is 12.8 Å². The van der Waals surface area contributed by atoms with E-state index in [2.05, 4.69) is 21.5 Å². The Morgan fingerprint density at radius 2 is 1.57 bits per heavy atom. The van der Waals surface area contributed by atoms with Gasteiger partial charge in [0.2, 0.25) is 5.91 Å². The first-order chi connectivity index (χ1) is 13.3. The molecule has 3 amide bonds. The zero-order chi connectivity index (χ0) is 20.7. The van der Waals surface area contributed by atoms with Gasteiger partial charge in [-0.25, -0.2) is 0 Å². The van der Waals surface area contributed by atoms with E-state index in [0.717, 1.165) is 5.56 Å². The Balaban J connectivity index is 1.89. The molecule has 0 saturated carbocycles. The predicted octanol–water partition coefficient (Wildman–Crippen LogP) is 2.54. The summed E-state index contributed by atoms with van der Waals surface area (Å²) in [6.07, 6.45) is 0. The summed E-state index contributed by atoms with van der Waals surface area (Å²) in [6, 6.07) is 13.7. The normalized spacial score (nSPS) is 10.1. The average molecular weight is 398 g/mol. The van der Waals surface area contributed by atoms with E-state index < -0.39 is 5.91 Å². The molecule has 0 unspecified atom stereocenters. The van der Waals surface area contributed by atoms with Gasteiger partial charge in [0, 0.05) is 22.7 Å². The van der Waals surface area contributed by atoms with Crippen LogP contribution in [0.1, 0.15) is 40.1 Å². The van der Waals surface area contributed by atoms with Gasteiger partial charge in [-0.2, -0.15) is 0 Å². The SMILES string of the molecule is Cc1cccc(C(=O)Nc2ccc(C(=O)NNC(=S)NC(=O)C(C)C)cc2)c1. The van der Waals surface area contributed by atoms with Gasteiger partial charge in [0.05, 0.1) is 0 Å². The molecule has 2 aromatic carbocycles. The number of hydrazine groups is 1. The van der Waals surface area contributed by atoms with Gasteiger partial charge in [0.15, 0.2) is 5.11 Å². The monoisotopic (exact) mass is 398 g/mol. The maximum atomic E-state index is 12.2. The number of carbonyl (C=O) groups is 3. The second-order valence-electron chi connectivity index (χ2n) is 6.45. The topological polar surface area (TPSA) is 99.3 Å². The maximum Gasteiger partial charge on any atom is 0.269 e. The lowest BCUT2D eigenvalue weighted by molar-refractivity contribution is -0.122. The highest BCUT2D eigenvalue weighted by atomic mass is 32.1. The van der Waals surface area contributed by atoms with Crippen LogP contribution in [0.2, 0.25) is 0 Å². The molecule has 0 fully saturated rings. The van der Waals surface area contributed by atoms with E-state index in [4.69, 9.17) is 12.2 Å². The molecule has 146 valence electrons. The largest absolute Gasteiger partial charge is 0.322 e. The van der Waals surface area contributed by atoms with E-state index in [1.807, 2.05) is 19.1 Å². The highest BCUT2D eigenvalue weighted by Crippen LogP contribution is 2.12. The molecule has 0 aliphatic carbocycles. The Morgan fingerprint density at radius 3 is 2.18 bits per heavy atom. The lowest BCUT2D eigenvalue weighted by Crippen LogP contribution is -2.49. The Kier molecular flexibility index (Phi) is 7.22. The van der Waals surface area contributed by atoms with Gasteiger partial charge in [-0.1, -0.05) is 31.5 Å². The molecule has 0 aliphatic rings. The van der Waals surface area contributed by atoms with Crippen molar-refractivity contribution >= 4 is 40.7 Å². The molecular weight excluding hydrogens is 376 g/mol. The van der Waals surface area contributed by atoms with Gasteiger partial charge in [0.1, 0.15) is 0 Å². The Bertz CT molecular complexity index is 895. The third-order valence-corrected chi connectivity index (χ3v) is 3.94. The van der Waals surface area contributed by atoms with Crippen LogP contribution in [0.4, 0.5) is 5.69 Å². The number of nitrogens with one attached hydrogen (secondary N) is 4. The van der Waals surface area contributed by atoms with Gasteiger partial charge in [-0.05, 0) is 55.5 Å². The van der Waals surface area contributed by atoms with Crippen molar-refractivity contribution in [3.8, 4) is 0 Å². The number of amides is 3. The molecule has 0 atom stereocenters. The smallest absolute Gasteiger partial charge is 0.269 e. The van der Waals surface area contributed by atoms with Crippen molar-refractivity contribution in [1.82, 2.24) is 16.2 Å². The fraction of sp³-hybridized carbons (Fsp3) is 0.200. The fourth-order valence-corrected chi connectivity index (χ4v) is 2.32. The Hall–Kier alpha value is -3.26. The van der Waals surface area contributed by atoms with Crippen LogP contribution in [0.5, 0.6) is 0 Å². The van der Waals surface area contributed by atoms with Crippen LogP contribution in [0.3, 0.4) is 0 Å². The van der Waals surface area contributed by atoms with Crippen molar-refractivity contribution in [2.75, 3.05) is 5.32 Å². The number of hydrogen-bond donors (Lipinski definition) is 4. The molecule has 0 spiro atoms. The molecule has 0 bridgehead atoms. The second kappa shape index (κ2) is 9.61. The predicted molar refractivity (Wildman–Crippen MR) is 112 cm³/mol. The quantitative estimate of drug-likeness (QED) is 0.469. The molecule has 8 heteroatoms. The molecule has 28 heavy (non-hydrogen) atoms. The highest BCUT2D eigenvalue weighted by molar-refractivity contribution is 7.80. The van der Waals surface area contributed by atoms with E-state index in [1.54, 1.807) is 50.2 Å². The minimum atomic E-state index is -0.433. The summed E-state index contributed by atoms with van der Waals surface area (Å²) in [4.78, 5) is 35.9. The van der Waals surface area contributed by atoms with Crippen molar-refractivity contribution in [2.45, 2.75) is 20.8 Å². The summed E-state index contributed by atoms with van der Waals surface area (Å²) in [5, 5.41) is 5.24. The number of rotatable bonds is 4. The standard InChI is InChI=1S/C20H22N4O3S/c1-12(2)17(25)22-20(28)24-23-19(27)14-7-9-16(10-8-14)21-18(26)15-6-4-5-13(3)11-15/h4-12H,1-3H3,(H,21,26)(H,23,27)(H2,22,24,25,28). The zero-order valence-electron chi connectivity index (χ0n) is 15.8. The van der Waals surface area contributed by atoms with E-state index in [0.29, 0.717) is 16.8 Å². The maximum absolute atomic E-state index is 12.2. The minimum Gasteiger partial charge on any atom is -0.322 e. The Labute approximate surface area is 168 Å². The molecule has 0 heterocycles. The zero-order valence-corrected chi connectivity index (χ0v) is 16.6. The van der Waals surface area contributed by atoms with E-state index >= 15 is 0 Å². The minimum absolute atomic E-state index is 0.00841. The first-order valence-electron chi connectivity index (χ1n) is 8.65. The van der Waals surface area contributed by atoms with E-state index in [9.17, 15) is 14.4 Å². The van der Waals surface area contributed by atoms with E-state index in [-0.39, 0.29) is 22.8 Å². The van der Waals surface area contributed by atoms with Crippen LogP contribution in [0.25, 0.3) is 0 Å². The molecule has 0 saturated heterocycles. The van der Waals surface area contributed by atoms with Crippen molar-refractivity contribution in [1.29, 1.82) is 0 Å². The first-order valence-corrected chi connectivity index (χ1v) is 9.06. The summed E-state index contributed by atoms with van der Waals surface area (Å²) in [6.45, 7) is 5.38. The summed E-state index contributed by atoms with van der Waals surface area (Å²) in [7, 11) is 0. The number of carbonyl (C=O) groups excluding carboxylic acids is 3. The number of benzene rings is 2. The van der Waals surface area contributed by atoms with Gasteiger partial charge in [0.25, 0.3) is 11.8 Å². The van der Waals surface area contributed by atoms with Crippen LogP contribution in [-0.4, -0.2) is 22.8 Å².